The summed E-state index contributed by atoms with van der Waals surface area (Å²) in [4.78, 5) is 11.7. The first-order valence-corrected chi connectivity index (χ1v) is 7.37. The van der Waals surface area contributed by atoms with Crippen LogP contribution in [0.25, 0.3) is 0 Å². The lowest BCUT2D eigenvalue weighted by Crippen LogP contribution is -2.19. The second-order valence-corrected chi connectivity index (χ2v) is 6.12. The summed E-state index contributed by atoms with van der Waals surface area (Å²) < 4.78 is 0. The van der Waals surface area contributed by atoms with Crippen LogP contribution in [0.5, 0.6) is 0 Å². The van der Waals surface area contributed by atoms with Gasteiger partial charge in [-0.05, 0) is 36.5 Å². The molecular formula is C17H22N2O. The molecule has 1 aliphatic carbocycles. The number of carbonyl (C=O) groups excluding carboxylic acids is 1. The van der Waals surface area contributed by atoms with Gasteiger partial charge in [0.05, 0.1) is 11.5 Å². The summed E-state index contributed by atoms with van der Waals surface area (Å²) in [5, 5.41) is 12.4. The van der Waals surface area contributed by atoms with Gasteiger partial charge < -0.3 is 5.32 Å². The highest BCUT2D eigenvalue weighted by Gasteiger charge is 2.35. The number of nitrogens with one attached hydrogen (secondary N) is 1. The van der Waals surface area contributed by atoms with Crippen molar-refractivity contribution in [1.29, 1.82) is 5.26 Å². The van der Waals surface area contributed by atoms with E-state index in [1.54, 1.807) is 0 Å². The highest BCUT2D eigenvalue weighted by Crippen LogP contribution is 2.40. The van der Waals surface area contributed by atoms with Crippen LogP contribution in [0.3, 0.4) is 0 Å². The lowest BCUT2D eigenvalue weighted by atomic mass is 9.80. The number of benzene rings is 1. The molecule has 0 aromatic heterocycles. The van der Waals surface area contributed by atoms with E-state index >= 15 is 0 Å². The minimum Gasteiger partial charge on any atom is -0.326 e. The molecule has 20 heavy (non-hydrogen) atoms. The molecular weight excluding hydrogens is 248 g/mol. The summed E-state index contributed by atoms with van der Waals surface area (Å²) in [7, 11) is 0. The molecule has 2 rings (SSSR count). The minimum absolute atomic E-state index is 0.0450. The Bertz CT molecular complexity index is 505. The topological polar surface area (TPSA) is 52.9 Å². The standard InChI is InChI=1S/C17H22N2O/c1-13(2)11-16(20)19-15-7-5-14(6-8-15)17(12-18)9-3-4-10-17/h5-8,13H,3-4,9-11H2,1-2H3,(H,19,20). The van der Waals surface area contributed by atoms with Crippen LogP contribution in [0.4, 0.5) is 5.69 Å². The molecule has 3 nitrogen and oxygen atoms in total. The molecule has 0 saturated heterocycles. The molecule has 0 aliphatic heterocycles. The average molecular weight is 270 g/mol. The Hall–Kier alpha value is -1.82. The summed E-state index contributed by atoms with van der Waals surface area (Å²) in [6, 6.07) is 10.3. The van der Waals surface area contributed by atoms with Crippen molar-refractivity contribution in [2.45, 2.75) is 51.4 Å². The molecule has 0 atom stereocenters. The summed E-state index contributed by atoms with van der Waals surface area (Å²) in [5.41, 5.74) is 1.59. The molecule has 0 unspecified atom stereocenters. The Morgan fingerprint density at radius 1 is 1.30 bits per heavy atom. The van der Waals surface area contributed by atoms with Crippen molar-refractivity contribution in [1.82, 2.24) is 0 Å². The fraction of sp³-hybridized carbons (Fsp3) is 0.529. The molecule has 1 N–H and O–H groups in total. The van der Waals surface area contributed by atoms with Crippen LogP contribution in [0.15, 0.2) is 24.3 Å². The smallest absolute Gasteiger partial charge is 0.224 e. The molecule has 0 radical (unpaired) electrons. The first kappa shape index (κ1) is 14.6. The van der Waals surface area contributed by atoms with Crippen molar-refractivity contribution in [3.8, 4) is 6.07 Å². The summed E-state index contributed by atoms with van der Waals surface area (Å²) in [6.45, 7) is 4.05. The van der Waals surface area contributed by atoms with E-state index in [9.17, 15) is 10.1 Å². The van der Waals surface area contributed by atoms with Crippen LogP contribution in [0.1, 0.15) is 51.5 Å². The van der Waals surface area contributed by atoms with Crippen molar-refractivity contribution in [2.24, 2.45) is 5.92 Å². The Kier molecular flexibility index (Phi) is 4.44. The largest absolute Gasteiger partial charge is 0.326 e. The molecule has 1 fully saturated rings. The van der Waals surface area contributed by atoms with Crippen LogP contribution in [-0.2, 0) is 10.2 Å². The number of hydrogen-bond donors (Lipinski definition) is 1. The monoisotopic (exact) mass is 270 g/mol. The Balaban J connectivity index is 2.07. The predicted molar refractivity (Wildman–Crippen MR) is 80.3 cm³/mol. The summed E-state index contributed by atoms with van der Waals surface area (Å²) >= 11 is 0. The van der Waals surface area contributed by atoms with E-state index in [1.165, 1.54) is 0 Å². The molecule has 0 heterocycles. The van der Waals surface area contributed by atoms with Gasteiger partial charge in [-0.15, -0.1) is 0 Å². The molecule has 106 valence electrons. The third kappa shape index (κ3) is 3.19. The number of rotatable bonds is 4. The molecule has 1 aromatic carbocycles. The zero-order valence-corrected chi connectivity index (χ0v) is 12.3. The first-order chi connectivity index (χ1) is 9.55. The lowest BCUT2D eigenvalue weighted by Gasteiger charge is -2.21. The number of amides is 1. The van der Waals surface area contributed by atoms with Gasteiger partial charge in [0.25, 0.3) is 0 Å². The maximum atomic E-state index is 11.7. The summed E-state index contributed by atoms with van der Waals surface area (Å²) in [5.74, 6) is 0.401. The van der Waals surface area contributed by atoms with Gasteiger partial charge in [0, 0.05) is 12.1 Å². The van der Waals surface area contributed by atoms with Crippen LogP contribution in [0, 0.1) is 17.2 Å². The highest BCUT2D eigenvalue weighted by molar-refractivity contribution is 5.90. The Morgan fingerprint density at radius 3 is 2.40 bits per heavy atom. The van der Waals surface area contributed by atoms with E-state index in [2.05, 4.69) is 11.4 Å². The molecule has 0 spiro atoms. The number of hydrogen-bond acceptors (Lipinski definition) is 2. The van der Waals surface area contributed by atoms with Gasteiger partial charge in [-0.25, -0.2) is 0 Å². The van der Waals surface area contributed by atoms with Gasteiger partial charge in [-0.3, -0.25) is 4.79 Å². The molecule has 0 bridgehead atoms. The quantitative estimate of drug-likeness (QED) is 0.898. The zero-order chi connectivity index (χ0) is 14.6. The normalized spacial score (nSPS) is 16.9. The number of anilines is 1. The van der Waals surface area contributed by atoms with E-state index in [4.69, 9.17) is 0 Å². The predicted octanol–water partition coefficient (Wildman–Crippen LogP) is 4.01. The van der Waals surface area contributed by atoms with Gasteiger partial charge >= 0.3 is 0 Å². The molecule has 1 aliphatic rings. The van der Waals surface area contributed by atoms with Crippen molar-refractivity contribution in [3.63, 3.8) is 0 Å². The van der Waals surface area contributed by atoms with Crippen LogP contribution < -0.4 is 5.32 Å². The molecule has 1 amide bonds. The second kappa shape index (κ2) is 6.09. The zero-order valence-electron chi connectivity index (χ0n) is 12.3. The average Bonchev–Trinajstić information content (AvgIpc) is 2.88. The van der Waals surface area contributed by atoms with Gasteiger partial charge in [0.15, 0.2) is 0 Å². The van der Waals surface area contributed by atoms with Gasteiger partial charge in [-0.1, -0.05) is 38.8 Å². The van der Waals surface area contributed by atoms with Crippen molar-refractivity contribution < 1.29 is 4.79 Å². The first-order valence-electron chi connectivity index (χ1n) is 7.37. The van der Waals surface area contributed by atoms with Crippen LogP contribution in [0.2, 0.25) is 0 Å². The van der Waals surface area contributed by atoms with E-state index < -0.39 is 0 Å². The number of carbonyl (C=O) groups is 1. The van der Waals surface area contributed by atoms with Gasteiger partial charge in [-0.2, -0.15) is 5.26 Å². The van der Waals surface area contributed by atoms with E-state index in [0.29, 0.717) is 12.3 Å². The fourth-order valence-electron chi connectivity index (χ4n) is 2.90. The molecule has 3 heteroatoms. The van der Waals surface area contributed by atoms with E-state index in [0.717, 1.165) is 36.9 Å². The van der Waals surface area contributed by atoms with E-state index in [1.807, 2.05) is 38.1 Å². The fourth-order valence-corrected chi connectivity index (χ4v) is 2.90. The Labute approximate surface area is 121 Å². The van der Waals surface area contributed by atoms with Crippen molar-refractivity contribution in [3.05, 3.63) is 29.8 Å². The third-order valence-corrected chi connectivity index (χ3v) is 3.99. The van der Waals surface area contributed by atoms with Crippen LogP contribution in [-0.4, -0.2) is 5.91 Å². The molecule has 1 saturated carbocycles. The SMILES string of the molecule is CC(C)CC(=O)Nc1ccc(C2(C#N)CCCC2)cc1. The van der Waals surface area contributed by atoms with Gasteiger partial charge in [0.2, 0.25) is 5.91 Å². The third-order valence-electron chi connectivity index (χ3n) is 3.99. The molecule has 1 aromatic rings. The minimum atomic E-state index is -0.305. The highest BCUT2D eigenvalue weighted by atomic mass is 16.1. The number of nitriles is 1. The van der Waals surface area contributed by atoms with Crippen molar-refractivity contribution in [2.75, 3.05) is 5.32 Å². The lowest BCUT2D eigenvalue weighted by molar-refractivity contribution is -0.116. The summed E-state index contributed by atoms with van der Waals surface area (Å²) in [6.07, 6.45) is 4.68. The Morgan fingerprint density at radius 2 is 1.90 bits per heavy atom. The maximum Gasteiger partial charge on any atom is 0.224 e. The van der Waals surface area contributed by atoms with E-state index in [-0.39, 0.29) is 11.3 Å². The van der Waals surface area contributed by atoms with Gasteiger partial charge in [0.1, 0.15) is 0 Å². The second-order valence-electron chi connectivity index (χ2n) is 6.12. The van der Waals surface area contributed by atoms with Crippen molar-refractivity contribution >= 4 is 11.6 Å². The maximum absolute atomic E-state index is 11.7. The number of nitrogens with zero attached hydrogens (tertiary/aromatic N) is 1. The van der Waals surface area contributed by atoms with Crippen LogP contribution >= 0.6 is 0 Å².